The Morgan fingerprint density at radius 3 is 2.64 bits per heavy atom. The molecule has 3 rings (SSSR count). The maximum Gasteiger partial charge on any atom is 0.338 e. The van der Waals surface area contributed by atoms with E-state index in [1.807, 2.05) is 31.2 Å². The maximum atomic E-state index is 12.4. The Hall–Kier alpha value is -2.80. The highest BCUT2D eigenvalue weighted by molar-refractivity contribution is 8.00. The van der Waals surface area contributed by atoms with Gasteiger partial charge in [0.1, 0.15) is 6.54 Å². The molecule has 1 aliphatic rings. The van der Waals surface area contributed by atoms with Crippen molar-refractivity contribution in [2.24, 2.45) is 0 Å². The number of hydrogen-bond acceptors (Lipinski definition) is 5. The second-order valence-corrected chi connectivity index (χ2v) is 7.37. The maximum absolute atomic E-state index is 12.4. The van der Waals surface area contributed by atoms with E-state index in [-0.39, 0.29) is 24.3 Å². The zero-order valence-electron chi connectivity index (χ0n) is 15.6. The molecule has 2 aromatic carbocycles. The molecule has 1 heterocycles. The molecule has 0 bridgehead atoms. The first-order chi connectivity index (χ1) is 13.6. The number of esters is 1. The van der Waals surface area contributed by atoms with Crippen molar-refractivity contribution in [3.8, 4) is 0 Å². The largest absolute Gasteiger partial charge is 0.462 e. The van der Waals surface area contributed by atoms with E-state index < -0.39 is 0 Å². The second kappa shape index (κ2) is 9.41. The molecule has 146 valence electrons. The van der Waals surface area contributed by atoms with E-state index >= 15 is 0 Å². The van der Waals surface area contributed by atoms with Crippen LogP contribution in [0.3, 0.4) is 0 Å². The summed E-state index contributed by atoms with van der Waals surface area (Å²) < 4.78 is 5.16. The number of benzene rings is 2. The fourth-order valence-electron chi connectivity index (χ4n) is 2.75. The van der Waals surface area contributed by atoms with Crippen molar-refractivity contribution in [2.75, 3.05) is 29.1 Å². The van der Waals surface area contributed by atoms with Crippen LogP contribution in [0.5, 0.6) is 0 Å². The van der Waals surface area contributed by atoms with E-state index in [2.05, 4.69) is 5.32 Å². The Labute approximate surface area is 168 Å². The van der Waals surface area contributed by atoms with Crippen LogP contribution >= 0.6 is 11.8 Å². The van der Waals surface area contributed by atoms with Gasteiger partial charge in [-0.3, -0.25) is 9.59 Å². The van der Waals surface area contributed by atoms with E-state index in [1.54, 1.807) is 24.3 Å². The Balaban J connectivity index is 1.59. The van der Waals surface area contributed by atoms with Gasteiger partial charge in [-0.1, -0.05) is 25.5 Å². The van der Waals surface area contributed by atoms with E-state index in [1.165, 1.54) is 16.7 Å². The van der Waals surface area contributed by atoms with Gasteiger partial charge in [-0.15, -0.1) is 11.8 Å². The molecule has 2 aromatic rings. The molecule has 6 nitrogen and oxygen atoms in total. The van der Waals surface area contributed by atoms with Gasteiger partial charge in [0.05, 0.1) is 23.6 Å². The van der Waals surface area contributed by atoms with Crippen LogP contribution in [0.25, 0.3) is 0 Å². The van der Waals surface area contributed by atoms with Crippen molar-refractivity contribution in [3.63, 3.8) is 0 Å². The zero-order valence-corrected chi connectivity index (χ0v) is 16.5. The normalized spacial score (nSPS) is 13.0. The number of nitrogens with zero attached hydrogens (tertiary/aromatic N) is 1. The molecule has 2 amide bonds. The lowest BCUT2D eigenvalue weighted by atomic mass is 10.2. The number of carbonyl (C=O) groups is 3. The molecular weight excluding hydrogens is 376 g/mol. The quantitative estimate of drug-likeness (QED) is 0.568. The first-order valence-electron chi connectivity index (χ1n) is 9.17. The second-order valence-electron chi connectivity index (χ2n) is 6.35. The number of nitrogens with one attached hydrogen (secondary N) is 1. The molecule has 0 atom stereocenters. The summed E-state index contributed by atoms with van der Waals surface area (Å²) in [5, 5.41) is 2.77. The number of carbonyl (C=O) groups excluding carboxylic acids is 3. The number of anilines is 2. The van der Waals surface area contributed by atoms with Gasteiger partial charge >= 0.3 is 5.97 Å². The van der Waals surface area contributed by atoms with Crippen molar-refractivity contribution < 1.29 is 19.1 Å². The molecule has 0 unspecified atom stereocenters. The van der Waals surface area contributed by atoms with Gasteiger partial charge in [-0.05, 0) is 42.8 Å². The van der Waals surface area contributed by atoms with Crippen LogP contribution in [0.15, 0.2) is 53.4 Å². The van der Waals surface area contributed by atoms with Crippen molar-refractivity contribution >= 4 is 40.9 Å². The average molecular weight is 398 g/mol. The molecule has 0 aliphatic carbocycles. The average Bonchev–Trinajstić information content (AvgIpc) is 2.71. The highest BCUT2D eigenvalue weighted by Crippen LogP contribution is 2.34. The Morgan fingerprint density at radius 2 is 1.89 bits per heavy atom. The lowest BCUT2D eigenvalue weighted by molar-refractivity contribution is -0.120. The number of amides is 2. The van der Waals surface area contributed by atoms with Crippen LogP contribution in [-0.2, 0) is 14.3 Å². The van der Waals surface area contributed by atoms with Gasteiger partial charge in [0.15, 0.2) is 0 Å². The summed E-state index contributed by atoms with van der Waals surface area (Å²) in [4.78, 5) is 39.1. The molecule has 28 heavy (non-hydrogen) atoms. The lowest BCUT2D eigenvalue weighted by Crippen LogP contribution is -2.41. The third-order valence-corrected chi connectivity index (χ3v) is 5.29. The van der Waals surface area contributed by atoms with Gasteiger partial charge in [0.25, 0.3) is 0 Å². The molecule has 0 fully saturated rings. The minimum absolute atomic E-state index is 0.0583. The number of para-hydroxylation sites is 1. The molecule has 0 aromatic heterocycles. The summed E-state index contributed by atoms with van der Waals surface area (Å²) >= 11 is 1.48. The molecule has 0 saturated heterocycles. The highest BCUT2D eigenvalue weighted by Gasteiger charge is 2.26. The van der Waals surface area contributed by atoms with Crippen LogP contribution in [0, 0.1) is 0 Å². The molecule has 1 N–H and O–H groups in total. The fraction of sp³-hybridized carbons (Fsp3) is 0.286. The standard InChI is InChI=1S/C21H22N2O4S/c1-2-3-12-27-21(26)15-8-10-16(11-9-15)22-19(24)13-23-17-6-4-5-7-18(17)28-14-20(23)25/h4-11H,2-3,12-14H2,1H3,(H,22,24). The summed E-state index contributed by atoms with van der Waals surface area (Å²) in [5.74, 6) is -0.448. The molecule has 0 spiro atoms. The van der Waals surface area contributed by atoms with Gasteiger partial charge < -0.3 is 15.0 Å². The van der Waals surface area contributed by atoms with Crippen molar-refractivity contribution in [3.05, 3.63) is 54.1 Å². The molecular formula is C21H22N2O4S. The Morgan fingerprint density at radius 1 is 1.14 bits per heavy atom. The van der Waals surface area contributed by atoms with E-state index in [4.69, 9.17) is 4.74 Å². The Bertz CT molecular complexity index is 867. The number of fused-ring (bicyclic) bond motifs is 1. The third kappa shape index (κ3) is 4.92. The predicted molar refractivity (Wildman–Crippen MR) is 110 cm³/mol. The van der Waals surface area contributed by atoms with E-state index in [0.717, 1.165) is 23.4 Å². The smallest absolute Gasteiger partial charge is 0.338 e. The van der Waals surface area contributed by atoms with Gasteiger partial charge in [0.2, 0.25) is 11.8 Å². The fourth-order valence-corrected chi connectivity index (χ4v) is 3.69. The first-order valence-corrected chi connectivity index (χ1v) is 10.2. The zero-order chi connectivity index (χ0) is 19.9. The number of unbranched alkanes of at least 4 members (excludes halogenated alkanes) is 1. The summed E-state index contributed by atoms with van der Waals surface area (Å²) in [5.41, 5.74) is 1.75. The van der Waals surface area contributed by atoms with Crippen molar-refractivity contribution in [1.29, 1.82) is 0 Å². The van der Waals surface area contributed by atoms with E-state index in [0.29, 0.717) is 23.6 Å². The number of rotatable bonds is 7. The minimum atomic E-state index is -0.376. The number of thioether (sulfide) groups is 1. The van der Waals surface area contributed by atoms with Crippen LogP contribution in [0.4, 0.5) is 11.4 Å². The highest BCUT2D eigenvalue weighted by atomic mass is 32.2. The van der Waals surface area contributed by atoms with Crippen molar-refractivity contribution in [2.45, 2.75) is 24.7 Å². The molecule has 1 aliphatic heterocycles. The van der Waals surface area contributed by atoms with Gasteiger partial charge in [0, 0.05) is 10.6 Å². The minimum Gasteiger partial charge on any atom is -0.462 e. The van der Waals surface area contributed by atoms with Crippen molar-refractivity contribution in [1.82, 2.24) is 0 Å². The predicted octanol–water partition coefficient (Wildman–Crippen LogP) is 3.72. The lowest BCUT2D eigenvalue weighted by Gasteiger charge is -2.28. The number of ether oxygens (including phenoxy) is 1. The summed E-state index contributed by atoms with van der Waals surface area (Å²) in [6.07, 6.45) is 1.79. The van der Waals surface area contributed by atoms with Crippen LogP contribution < -0.4 is 10.2 Å². The summed E-state index contributed by atoms with van der Waals surface area (Å²) in [6.45, 7) is 2.37. The van der Waals surface area contributed by atoms with Gasteiger partial charge in [-0.25, -0.2) is 4.79 Å². The number of hydrogen-bond donors (Lipinski definition) is 1. The third-order valence-electron chi connectivity index (χ3n) is 4.25. The SMILES string of the molecule is CCCCOC(=O)c1ccc(NC(=O)CN2C(=O)CSc3ccccc32)cc1. The van der Waals surface area contributed by atoms with Gasteiger partial charge in [-0.2, -0.15) is 0 Å². The molecule has 7 heteroatoms. The summed E-state index contributed by atoms with van der Waals surface area (Å²) in [7, 11) is 0. The molecule has 0 radical (unpaired) electrons. The Kier molecular flexibility index (Phi) is 6.71. The topological polar surface area (TPSA) is 75.7 Å². The van der Waals surface area contributed by atoms with Crippen LogP contribution in [0.1, 0.15) is 30.1 Å². The van der Waals surface area contributed by atoms with E-state index in [9.17, 15) is 14.4 Å². The van der Waals surface area contributed by atoms with Crippen LogP contribution in [-0.4, -0.2) is 36.7 Å². The molecule has 0 saturated carbocycles. The monoisotopic (exact) mass is 398 g/mol. The van der Waals surface area contributed by atoms with Crippen LogP contribution in [0.2, 0.25) is 0 Å². The summed E-state index contributed by atoms with van der Waals surface area (Å²) in [6, 6.07) is 14.1. The first kappa shape index (κ1) is 19.9.